The number of thiazole rings is 1. The Balaban J connectivity index is 1.52. The smallest absolute Gasteiger partial charge is 0.267 e. The molecule has 6 nitrogen and oxygen atoms in total. The number of amides is 2. The molecule has 1 fully saturated rings. The number of anilines is 1. The van der Waals surface area contributed by atoms with E-state index in [0.717, 1.165) is 31.7 Å². The van der Waals surface area contributed by atoms with Crippen molar-refractivity contribution in [3.8, 4) is 10.8 Å². The van der Waals surface area contributed by atoms with E-state index < -0.39 is 0 Å². The van der Waals surface area contributed by atoms with Crippen LogP contribution in [0.3, 0.4) is 0 Å². The predicted molar refractivity (Wildman–Crippen MR) is 109 cm³/mol. The highest BCUT2D eigenvalue weighted by atomic mass is 32.1. The summed E-state index contributed by atoms with van der Waals surface area (Å²) in [5, 5.41) is 3.56. The van der Waals surface area contributed by atoms with Crippen molar-refractivity contribution in [2.24, 2.45) is 0 Å². The van der Waals surface area contributed by atoms with Gasteiger partial charge in [0.15, 0.2) is 10.8 Å². The summed E-state index contributed by atoms with van der Waals surface area (Å²) in [6, 6.07) is 10.8. The summed E-state index contributed by atoms with van der Waals surface area (Å²) in [5.41, 5.74) is 1.83. The minimum Gasteiger partial charge on any atom is -0.459 e. The number of carbonyl (C=O) groups is 2. The molecule has 1 aliphatic heterocycles. The average Bonchev–Trinajstić information content (AvgIpc) is 3.42. The van der Waals surface area contributed by atoms with E-state index in [-0.39, 0.29) is 11.8 Å². The number of benzene rings is 1. The molecule has 0 unspecified atom stereocenters. The topological polar surface area (TPSA) is 75.4 Å². The molecule has 7 heteroatoms. The number of furan rings is 1. The first kappa shape index (κ1) is 18.4. The fourth-order valence-electron chi connectivity index (χ4n) is 3.28. The Labute approximate surface area is 167 Å². The fourth-order valence-corrected chi connectivity index (χ4v) is 4.21. The van der Waals surface area contributed by atoms with Gasteiger partial charge in [-0.2, -0.15) is 0 Å². The normalized spacial score (nSPS) is 13.7. The monoisotopic (exact) mass is 395 g/mol. The lowest BCUT2D eigenvalue weighted by Gasteiger charge is -2.15. The van der Waals surface area contributed by atoms with Gasteiger partial charge in [-0.05, 0) is 57.0 Å². The molecule has 2 aromatic heterocycles. The second-order valence-electron chi connectivity index (χ2n) is 6.88. The van der Waals surface area contributed by atoms with E-state index in [9.17, 15) is 9.59 Å². The second-order valence-corrected chi connectivity index (χ2v) is 7.88. The summed E-state index contributed by atoms with van der Waals surface area (Å²) in [4.78, 5) is 32.2. The molecule has 0 saturated carbocycles. The average molecular weight is 395 g/mol. The third-order valence-corrected chi connectivity index (χ3v) is 5.89. The van der Waals surface area contributed by atoms with Crippen LogP contribution in [0.15, 0.2) is 40.8 Å². The van der Waals surface area contributed by atoms with Gasteiger partial charge < -0.3 is 14.6 Å². The molecule has 1 aliphatic rings. The molecule has 0 bridgehead atoms. The van der Waals surface area contributed by atoms with Gasteiger partial charge in [0.2, 0.25) is 0 Å². The number of nitrogens with one attached hydrogen (secondary N) is 1. The molecule has 0 spiro atoms. The van der Waals surface area contributed by atoms with E-state index in [2.05, 4.69) is 10.3 Å². The second kappa shape index (κ2) is 7.59. The first-order chi connectivity index (χ1) is 13.5. The molecular formula is C21H21N3O3S. The number of rotatable bonds is 4. The highest BCUT2D eigenvalue weighted by Crippen LogP contribution is 2.30. The van der Waals surface area contributed by atoms with Gasteiger partial charge in [-0.1, -0.05) is 6.07 Å². The molecule has 3 aromatic rings. The first-order valence-corrected chi connectivity index (χ1v) is 10.1. The summed E-state index contributed by atoms with van der Waals surface area (Å²) in [7, 11) is 0. The molecular weight excluding hydrogens is 374 g/mol. The van der Waals surface area contributed by atoms with E-state index in [4.69, 9.17) is 4.42 Å². The van der Waals surface area contributed by atoms with E-state index in [1.807, 2.05) is 24.0 Å². The van der Waals surface area contributed by atoms with Crippen molar-refractivity contribution in [2.45, 2.75) is 26.7 Å². The maximum absolute atomic E-state index is 12.8. The van der Waals surface area contributed by atoms with Crippen LogP contribution in [-0.4, -0.2) is 34.8 Å². The van der Waals surface area contributed by atoms with Crippen molar-refractivity contribution in [3.63, 3.8) is 0 Å². The standard InChI is InChI=1S/C21H21N3O3S/c1-13-8-9-17(27-13)20-22-14(2)18(28-20)19(25)23-16-7-5-6-15(12-16)21(26)24-10-3-4-11-24/h5-9,12H,3-4,10-11H2,1-2H3,(H,23,25). The van der Waals surface area contributed by atoms with E-state index in [0.29, 0.717) is 32.6 Å². The molecule has 4 rings (SSSR count). The Morgan fingerprint density at radius 3 is 2.64 bits per heavy atom. The van der Waals surface area contributed by atoms with Crippen LogP contribution in [0.1, 0.15) is 44.3 Å². The van der Waals surface area contributed by atoms with Gasteiger partial charge in [-0.3, -0.25) is 9.59 Å². The van der Waals surface area contributed by atoms with Crippen molar-refractivity contribution in [3.05, 3.63) is 58.3 Å². The lowest BCUT2D eigenvalue weighted by molar-refractivity contribution is 0.0792. The lowest BCUT2D eigenvalue weighted by Crippen LogP contribution is -2.27. The lowest BCUT2D eigenvalue weighted by atomic mass is 10.1. The summed E-state index contributed by atoms with van der Waals surface area (Å²) in [5.74, 6) is 1.23. The van der Waals surface area contributed by atoms with Crippen molar-refractivity contribution in [1.29, 1.82) is 0 Å². The van der Waals surface area contributed by atoms with Crippen LogP contribution in [0.5, 0.6) is 0 Å². The molecule has 1 aromatic carbocycles. The number of aryl methyl sites for hydroxylation is 2. The maximum Gasteiger partial charge on any atom is 0.267 e. The summed E-state index contributed by atoms with van der Waals surface area (Å²) in [6.45, 7) is 5.26. The fraction of sp³-hybridized carbons (Fsp3) is 0.286. The van der Waals surface area contributed by atoms with Gasteiger partial charge in [-0.25, -0.2) is 4.98 Å². The molecule has 1 N–H and O–H groups in total. The third-order valence-electron chi connectivity index (χ3n) is 4.71. The summed E-state index contributed by atoms with van der Waals surface area (Å²) >= 11 is 1.29. The van der Waals surface area contributed by atoms with Crippen molar-refractivity contribution >= 4 is 28.8 Å². The maximum atomic E-state index is 12.8. The number of aromatic nitrogens is 1. The number of nitrogens with zero attached hydrogens (tertiary/aromatic N) is 2. The van der Waals surface area contributed by atoms with Crippen molar-refractivity contribution in [2.75, 3.05) is 18.4 Å². The van der Waals surface area contributed by atoms with Crippen molar-refractivity contribution < 1.29 is 14.0 Å². The molecule has 0 atom stereocenters. The number of likely N-dealkylation sites (tertiary alicyclic amines) is 1. The molecule has 0 radical (unpaired) electrons. The Morgan fingerprint density at radius 2 is 1.93 bits per heavy atom. The number of hydrogen-bond donors (Lipinski definition) is 1. The van der Waals surface area contributed by atoms with Crippen LogP contribution < -0.4 is 5.32 Å². The molecule has 0 aliphatic carbocycles. The molecule has 2 amide bonds. The van der Waals surface area contributed by atoms with Gasteiger partial charge in [0.1, 0.15) is 10.6 Å². The number of hydrogen-bond acceptors (Lipinski definition) is 5. The zero-order chi connectivity index (χ0) is 19.7. The predicted octanol–water partition coefficient (Wildman–Crippen LogP) is 4.51. The van der Waals surface area contributed by atoms with Crippen LogP contribution in [0.4, 0.5) is 5.69 Å². The van der Waals surface area contributed by atoms with Gasteiger partial charge >= 0.3 is 0 Å². The van der Waals surface area contributed by atoms with Crippen LogP contribution in [0.25, 0.3) is 10.8 Å². The largest absolute Gasteiger partial charge is 0.459 e. The molecule has 1 saturated heterocycles. The Bertz CT molecular complexity index is 1030. The molecule has 28 heavy (non-hydrogen) atoms. The quantitative estimate of drug-likeness (QED) is 0.705. The zero-order valence-electron chi connectivity index (χ0n) is 15.8. The van der Waals surface area contributed by atoms with Gasteiger partial charge in [0.25, 0.3) is 11.8 Å². The molecule has 144 valence electrons. The Hall–Kier alpha value is -2.93. The van der Waals surface area contributed by atoms with E-state index in [1.54, 1.807) is 31.2 Å². The van der Waals surface area contributed by atoms with E-state index in [1.165, 1.54) is 11.3 Å². The third kappa shape index (κ3) is 3.71. The van der Waals surface area contributed by atoms with Crippen LogP contribution in [0, 0.1) is 13.8 Å². The summed E-state index contributed by atoms with van der Waals surface area (Å²) in [6.07, 6.45) is 2.09. The summed E-state index contributed by atoms with van der Waals surface area (Å²) < 4.78 is 5.60. The van der Waals surface area contributed by atoms with Gasteiger partial charge in [0, 0.05) is 24.3 Å². The van der Waals surface area contributed by atoms with Crippen LogP contribution in [0.2, 0.25) is 0 Å². The van der Waals surface area contributed by atoms with Crippen LogP contribution in [-0.2, 0) is 0 Å². The SMILES string of the molecule is Cc1ccc(-c2nc(C)c(C(=O)Nc3cccc(C(=O)N4CCCC4)c3)s2)o1. The van der Waals surface area contributed by atoms with Gasteiger partial charge in [-0.15, -0.1) is 11.3 Å². The number of carbonyl (C=O) groups excluding carboxylic acids is 2. The Kier molecular flexibility index (Phi) is 5.00. The van der Waals surface area contributed by atoms with Crippen molar-refractivity contribution in [1.82, 2.24) is 9.88 Å². The minimum atomic E-state index is -0.240. The van der Waals surface area contributed by atoms with E-state index >= 15 is 0 Å². The minimum absolute atomic E-state index is 0.0121. The zero-order valence-corrected chi connectivity index (χ0v) is 16.6. The van der Waals surface area contributed by atoms with Crippen LogP contribution >= 0.6 is 11.3 Å². The highest BCUT2D eigenvalue weighted by Gasteiger charge is 2.21. The molecule has 3 heterocycles. The highest BCUT2D eigenvalue weighted by molar-refractivity contribution is 7.17. The Morgan fingerprint density at radius 1 is 1.14 bits per heavy atom. The van der Waals surface area contributed by atoms with Gasteiger partial charge in [0.05, 0.1) is 5.69 Å². The first-order valence-electron chi connectivity index (χ1n) is 9.26.